The summed E-state index contributed by atoms with van der Waals surface area (Å²) in [6, 6.07) is 16.9. The highest BCUT2D eigenvalue weighted by molar-refractivity contribution is 5.92. The number of nitrogens with zero attached hydrogens (tertiary/aromatic N) is 3. The van der Waals surface area contributed by atoms with Gasteiger partial charge in [0, 0.05) is 54.5 Å². The fourth-order valence-corrected chi connectivity index (χ4v) is 4.15. The average molecular weight is 444 g/mol. The number of methoxy groups -OCH3 is 1. The number of anilines is 3. The van der Waals surface area contributed by atoms with E-state index in [0.29, 0.717) is 11.4 Å². The largest absolute Gasteiger partial charge is 0.496 e. The predicted molar refractivity (Wildman–Crippen MR) is 129 cm³/mol. The Balaban J connectivity index is 1.46. The minimum Gasteiger partial charge on any atom is -0.496 e. The van der Waals surface area contributed by atoms with Crippen LogP contribution in [0.25, 0.3) is 22.2 Å². The maximum Gasteiger partial charge on any atom is 0.338 e. The topological polar surface area (TPSA) is 92.5 Å². The van der Waals surface area contributed by atoms with E-state index in [1.165, 1.54) is 6.33 Å². The predicted octanol–water partition coefficient (Wildman–Crippen LogP) is 3.80. The summed E-state index contributed by atoms with van der Waals surface area (Å²) in [7, 11) is 1.64. The molecule has 0 aliphatic carbocycles. The van der Waals surface area contributed by atoms with Gasteiger partial charge in [0.2, 0.25) is 0 Å². The zero-order valence-electron chi connectivity index (χ0n) is 18.4. The van der Waals surface area contributed by atoms with Gasteiger partial charge in [-0.25, -0.2) is 14.8 Å². The Morgan fingerprint density at radius 1 is 1.06 bits per heavy atom. The Morgan fingerprint density at radius 3 is 2.88 bits per heavy atom. The van der Waals surface area contributed by atoms with Gasteiger partial charge in [-0.05, 0) is 37.2 Å². The van der Waals surface area contributed by atoms with Gasteiger partial charge in [0.05, 0.1) is 18.5 Å². The van der Waals surface area contributed by atoms with Crippen LogP contribution >= 0.6 is 0 Å². The summed E-state index contributed by atoms with van der Waals surface area (Å²) in [4.78, 5) is 23.3. The molecule has 8 heteroatoms. The molecule has 2 aromatic heterocycles. The second-order valence-corrected chi connectivity index (χ2v) is 7.87. The molecule has 2 N–H and O–H groups in total. The molecule has 1 aliphatic rings. The first-order chi connectivity index (χ1) is 16.2. The summed E-state index contributed by atoms with van der Waals surface area (Å²) < 4.78 is 11.0. The fourth-order valence-electron chi connectivity index (χ4n) is 4.15. The summed E-state index contributed by atoms with van der Waals surface area (Å²) in [6.45, 7) is 3.63. The summed E-state index contributed by atoms with van der Waals surface area (Å²) in [5.74, 6) is 1.37. The molecule has 4 aromatic rings. The number of fused-ring (bicyclic) bond motifs is 1. The van der Waals surface area contributed by atoms with Crippen molar-refractivity contribution >= 4 is 28.2 Å². The van der Waals surface area contributed by atoms with E-state index in [1.54, 1.807) is 13.2 Å². The second kappa shape index (κ2) is 9.30. The quantitative estimate of drug-likeness (QED) is 0.450. The smallest absolute Gasteiger partial charge is 0.338 e. The summed E-state index contributed by atoms with van der Waals surface area (Å²) >= 11 is 0. The van der Waals surface area contributed by atoms with Crippen LogP contribution in [-0.2, 0) is 0 Å². The first kappa shape index (κ1) is 21.0. The lowest BCUT2D eigenvalue weighted by molar-refractivity contribution is 0.416. The molecule has 5 rings (SSSR count). The van der Waals surface area contributed by atoms with Crippen molar-refractivity contribution in [1.82, 2.24) is 15.3 Å². The van der Waals surface area contributed by atoms with E-state index >= 15 is 0 Å². The third kappa shape index (κ3) is 4.51. The molecule has 2 aromatic carbocycles. The Hall–Kier alpha value is -3.91. The lowest BCUT2D eigenvalue weighted by Crippen LogP contribution is -2.28. The number of hydrogen-bond donors (Lipinski definition) is 2. The molecule has 0 amide bonds. The molecule has 0 bridgehead atoms. The third-order valence-electron chi connectivity index (χ3n) is 5.73. The molecule has 0 spiro atoms. The number of hydrogen-bond acceptors (Lipinski definition) is 8. The van der Waals surface area contributed by atoms with Crippen LogP contribution in [0.15, 0.2) is 70.1 Å². The van der Waals surface area contributed by atoms with Gasteiger partial charge in [-0.1, -0.05) is 12.1 Å². The summed E-state index contributed by atoms with van der Waals surface area (Å²) in [5.41, 5.74) is 3.49. The first-order valence-corrected chi connectivity index (χ1v) is 11.0. The molecule has 0 atom stereocenters. The van der Waals surface area contributed by atoms with Crippen molar-refractivity contribution in [2.24, 2.45) is 0 Å². The van der Waals surface area contributed by atoms with Crippen LogP contribution in [0.1, 0.15) is 6.42 Å². The van der Waals surface area contributed by atoms with Crippen LogP contribution < -0.4 is 25.9 Å². The van der Waals surface area contributed by atoms with E-state index in [-0.39, 0.29) is 5.63 Å². The van der Waals surface area contributed by atoms with Crippen LogP contribution in [0.5, 0.6) is 5.75 Å². The molecule has 168 valence electrons. The standard InChI is InChI=1S/C25H25N5O3/c1-32-22-6-3-2-5-18(22)20-14-24(28-16-27-20)29-17-7-8-19-21(15-25(31)33-23(19)13-17)30-11-4-9-26-10-12-30/h2-3,5-8,13-16,26H,4,9-12H2,1H3,(H,27,28,29). The van der Waals surface area contributed by atoms with Crippen molar-refractivity contribution in [3.05, 3.63) is 71.3 Å². The van der Waals surface area contributed by atoms with Gasteiger partial charge in [0.1, 0.15) is 23.5 Å². The van der Waals surface area contributed by atoms with E-state index in [4.69, 9.17) is 9.15 Å². The minimum atomic E-state index is -0.354. The number of nitrogens with one attached hydrogen (secondary N) is 2. The molecule has 3 heterocycles. The van der Waals surface area contributed by atoms with Gasteiger partial charge in [-0.3, -0.25) is 0 Å². The maximum absolute atomic E-state index is 12.3. The van der Waals surface area contributed by atoms with Gasteiger partial charge in [0.15, 0.2) is 0 Å². The van der Waals surface area contributed by atoms with Crippen LogP contribution in [0.2, 0.25) is 0 Å². The fraction of sp³-hybridized carbons (Fsp3) is 0.240. The van der Waals surface area contributed by atoms with Gasteiger partial charge < -0.3 is 24.7 Å². The number of ether oxygens (including phenoxy) is 1. The van der Waals surface area contributed by atoms with Gasteiger partial charge in [-0.15, -0.1) is 0 Å². The zero-order valence-corrected chi connectivity index (χ0v) is 18.4. The number of aromatic nitrogens is 2. The molecule has 33 heavy (non-hydrogen) atoms. The average Bonchev–Trinajstić information content (AvgIpc) is 3.13. The van der Waals surface area contributed by atoms with Crippen LogP contribution in [0.4, 0.5) is 17.2 Å². The van der Waals surface area contributed by atoms with Crippen LogP contribution in [0, 0.1) is 0 Å². The third-order valence-corrected chi connectivity index (χ3v) is 5.73. The SMILES string of the molecule is COc1ccccc1-c1cc(Nc2ccc3c(N4CCCNCC4)cc(=O)oc3c2)ncn1. The van der Waals surface area contributed by atoms with Gasteiger partial charge in [-0.2, -0.15) is 0 Å². The lowest BCUT2D eigenvalue weighted by Gasteiger charge is -2.23. The Kier molecular flexibility index (Phi) is 5.91. The first-order valence-electron chi connectivity index (χ1n) is 11.0. The van der Waals surface area contributed by atoms with E-state index in [2.05, 4.69) is 25.5 Å². The van der Waals surface area contributed by atoms with Crippen LogP contribution in [0.3, 0.4) is 0 Å². The highest BCUT2D eigenvalue weighted by Crippen LogP contribution is 2.31. The molecule has 1 fully saturated rings. The Morgan fingerprint density at radius 2 is 1.97 bits per heavy atom. The van der Waals surface area contributed by atoms with Crippen molar-refractivity contribution in [2.45, 2.75) is 6.42 Å². The molecule has 0 saturated carbocycles. The highest BCUT2D eigenvalue weighted by atomic mass is 16.5. The van der Waals surface area contributed by atoms with E-state index in [1.807, 2.05) is 48.5 Å². The normalized spacial score (nSPS) is 14.2. The zero-order chi connectivity index (χ0) is 22.6. The van der Waals surface area contributed by atoms with Crippen molar-refractivity contribution in [2.75, 3.05) is 43.5 Å². The molecule has 1 saturated heterocycles. The van der Waals surface area contributed by atoms with Gasteiger partial charge in [0.25, 0.3) is 0 Å². The second-order valence-electron chi connectivity index (χ2n) is 7.87. The molecule has 0 radical (unpaired) electrons. The van der Waals surface area contributed by atoms with Crippen molar-refractivity contribution in [3.8, 4) is 17.0 Å². The number of para-hydroxylation sites is 1. The minimum absolute atomic E-state index is 0.354. The van der Waals surface area contributed by atoms with E-state index < -0.39 is 0 Å². The molecule has 8 nitrogen and oxygen atoms in total. The van der Waals surface area contributed by atoms with Crippen molar-refractivity contribution in [1.29, 1.82) is 0 Å². The monoisotopic (exact) mass is 443 g/mol. The summed E-state index contributed by atoms with van der Waals surface area (Å²) in [6.07, 6.45) is 2.54. The molecule has 0 unspecified atom stereocenters. The van der Waals surface area contributed by atoms with Gasteiger partial charge >= 0.3 is 5.63 Å². The van der Waals surface area contributed by atoms with Crippen LogP contribution in [-0.4, -0.2) is 43.3 Å². The molecular formula is C25H25N5O3. The lowest BCUT2D eigenvalue weighted by atomic mass is 10.1. The molecular weight excluding hydrogens is 418 g/mol. The Bertz CT molecular complexity index is 1330. The maximum atomic E-state index is 12.3. The van der Waals surface area contributed by atoms with E-state index in [9.17, 15) is 4.79 Å². The number of benzene rings is 2. The highest BCUT2D eigenvalue weighted by Gasteiger charge is 2.15. The van der Waals surface area contributed by atoms with Crippen molar-refractivity contribution in [3.63, 3.8) is 0 Å². The Labute approximate surface area is 191 Å². The molecule has 1 aliphatic heterocycles. The van der Waals surface area contributed by atoms with E-state index in [0.717, 1.165) is 66.4 Å². The number of rotatable bonds is 5. The summed E-state index contributed by atoms with van der Waals surface area (Å²) in [5, 5.41) is 7.61. The van der Waals surface area contributed by atoms with Crippen molar-refractivity contribution < 1.29 is 9.15 Å².